The summed E-state index contributed by atoms with van der Waals surface area (Å²) in [6.07, 6.45) is 1.85. The minimum absolute atomic E-state index is 0.516. The maximum atomic E-state index is 5.73. The Balaban J connectivity index is 2.57. The predicted molar refractivity (Wildman–Crippen MR) is 68.9 cm³/mol. The maximum Gasteiger partial charge on any atom is 0.0727 e. The number of aryl methyl sites for hydroxylation is 1. The lowest BCUT2D eigenvalue weighted by Crippen LogP contribution is -2.02. The van der Waals surface area contributed by atoms with Crippen molar-refractivity contribution in [2.75, 3.05) is 0 Å². The van der Waals surface area contributed by atoms with Gasteiger partial charge in [-0.3, -0.25) is 4.68 Å². The third kappa shape index (κ3) is 2.03. The van der Waals surface area contributed by atoms with Crippen LogP contribution < -0.4 is 5.73 Å². The van der Waals surface area contributed by atoms with Crippen LogP contribution in [-0.4, -0.2) is 9.78 Å². The molecule has 0 aliphatic carbocycles. The van der Waals surface area contributed by atoms with Crippen LogP contribution in [0.15, 0.2) is 34.9 Å². The van der Waals surface area contributed by atoms with Gasteiger partial charge in [0.1, 0.15) is 0 Å². The quantitative estimate of drug-likeness (QED) is 0.939. The van der Waals surface area contributed by atoms with E-state index in [9.17, 15) is 0 Å². The van der Waals surface area contributed by atoms with E-state index in [2.05, 4.69) is 40.1 Å². The average Bonchev–Trinajstić information content (AvgIpc) is 2.71. The highest BCUT2D eigenvalue weighted by molar-refractivity contribution is 9.10. The van der Waals surface area contributed by atoms with Gasteiger partial charge in [0.25, 0.3) is 0 Å². The zero-order chi connectivity index (χ0) is 11.5. The van der Waals surface area contributed by atoms with Gasteiger partial charge in [0, 0.05) is 28.7 Å². The molecular formula is C12H14BrN3. The van der Waals surface area contributed by atoms with Crippen LogP contribution in [0.25, 0.3) is 11.3 Å². The van der Waals surface area contributed by atoms with E-state index in [0.29, 0.717) is 6.54 Å². The number of rotatable bonds is 3. The normalized spacial score (nSPS) is 10.7. The Bertz CT molecular complexity index is 469. The standard InChI is InChI=1S/C12H14BrN3/c1-2-16-12(10(7-14)8-15-16)9-4-3-5-11(13)6-9/h3-6,8H,2,7,14H2,1H3. The number of hydrogen-bond acceptors (Lipinski definition) is 2. The minimum atomic E-state index is 0.516. The van der Waals surface area contributed by atoms with Gasteiger partial charge in [-0.2, -0.15) is 5.10 Å². The SMILES string of the molecule is CCn1ncc(CN)c1-c1cccc(Br)c1. The average molecular weight is 280 g/mol. The summed E-state index contributed by atoms with van der Waals surface area (Å²) in [7, 11) is 0. The lowest BCUT2D eigenvalue weighted by atomic mass is 10.1. The molecule has 1 aromatic heterocycles. The Labute approximate surface area is 103 Å². The second-order valence-electron chi connectivity index (χ2n) is 3.55. The fraction of sp³-hybridized carbons (Fsp3) is 0.250. The van der Waals surface area contributed by atoms with Crippen LogP contribution >= 0.6 is 15.9 Å². The van der Waals surface area contributed by atoms with Gasteiger partial charge in [0.15, 0.2) is 0 Å². The second kappa shape index (κ2) is 4.80. The molecule has 4 heteroatoms. The number of nitrogens with zero attached hydrogens (tertiary/aromatic N) is 2. The molecule has 84 valence electrons. The van der Waals surface area contributed by atoms with E-state index in [1.54, 1.807) is 0 Å². The third-order valence-electron chi connectivity index (χ3n) is 2.53. The number of hydrogen-bond donors (Lipinski definition) is 1. The van der Waals surface area contributed by atoms with E-state index < -0.39 is 0 Å². The summed E-state index contributed by atoms with van der Waals surface area (Å²) < 4.78 is 3.04. The second-order valence-corrected chi connectivity index (χ2v) is 4.46. The molecule has 0 atom stereocenters. The molecule has 0 radical (unpaired) electrons. The molecule has 0 spiro atoms. The summed E-state index contributed by atoms with van der Waals surface area (Å²) in [6, 6.07) is 8.19. The van der Waals surface area contributed by atoms with Crippen LogP contribution in [0.4, 0.5) is 0 Å². The molecule has 0 bridgehead atoms. The molecule has 3 nitrogen and oxygen atoms in total. The Kier molecular flexibility index (Phi) is 3.41. The molecular weight excluding hydrogens is 266 g/mol. The van der Waals surface area contributed by atoms with Gasteiger partial charge in [0.2, 0.25) is 0 Å². The highest BCUT2D eigenvalue weighted by atomic mass is 79.9. The Morgan fingerprint density at radius 3 is 2.88 bits per heavy atom. The first kappa shape index (κ1) is 11.4. The molecule has 1 heterocycles. The summed E-state index contributed by atoms with van der Waals surface area (Å²) in [5.74, 6) is 0. The van der Waals surface area contributed by atoms with E-state index in [-0.39, 0.29) is 0 Å². The van der Waals surface area contributed by atoms with Crippen molar-refractivity contribution >= 4 is 15.9 Å². The molecule has 16 heavy (non-hydrogen) atoms. The summed E-state index contributed by atoms with van der Waals surface area (Å²) in [6.45, 7) is 3.44. The number of halogens is 1. The molecule has 2 N–H and O–H groups in total. The van der Waals surface area contributed by atoms with Crippen molar-refractivity contribution in [3.8, 4) is 11.3 Å². The first-order valence-corrected chi connectivity index (χ1v) is 6.06. The third-order valence-corrected chi connectivity index (χ3v) is 3.03. The van der Waals surface area contributed by atoms with Crippen molar-refractivity contribution in [3.05, 3.63) is 40.5 Å². The van der Waals surface area contributed by atoms with Gasteiger partial charge in [-0.1, -0.05) is 28.1 Å². The van der Waals surface area contributed by atoms with Crippen LogP contribution in [0.1, 0.15) is 12.5 Å². The molecule has 2 aromatic rings. The van der Waals surface area contributed by atoms with E-state index in [4.69, 9.17) is 5.73 Å². The van der Waals surface area contributed by atoms with Gasteiger partial charge >= 0.3 is 0 Å². The number of aromatic nitrogens is 2. The topological polar surface area (TPSA) is 43.8 Å². The summed E-state index contributed by atoms with van der Waals surface area (Å²) in [5, 5.41) is 4.33. The smallest absolute Gasteiger partial charge is 0.0727 e. The summed E-state index contributed by atoms with van der Waals surface area (Å²) in [5.41, 5.74) is 9.08. The molecule has 0 fully saturated rings. The van der Waals surface area contributed by atoms with Crippen molar-refractivity contribution < 1.29 is 0 Å². The predicted octanol–water partition coefficient (Wildman–Crippen LogP) is 2.79. The minimum Gasteiger partial charge on any atom is -0.326 e. The van der Waals surface area contributed by atoms with E-state index >= 15 is 0 Å². The van der Waals surface area contributed by atoms with Crippen LogP contribution in [0.3, 0.4) is 0 Å². The zero-order valence-electron chi connectivity index (χ0n) is 9.15. The monoisotopic (exact) mass is 279 g/mol. The molecule has 0 unspecified atom stereocenters. The first-order valence-electron chi connectivity index (χ1n) is 5.27. The highest BCUT2D eigenvalue weighted by Crippen LogP contribution is 2.26. The van der Waals surface area contributed by atoms with Crippen LogP contribution in [-0.2, 0) is 13.1 Å². The van der Waals surface area contributed by atoms with E-state index in [1.807, 2.05) is 23.0 Å². The lowest BCUT2D eigenvalue weighted by molar-refractivity contribution is 0.666. The molecule has 2 rings (SSSR count). The fourth-order valence-electron chi connectivity index (χ4n) is 1.78. The summed E-state index contributed by atoms with van der Waals surface area (Å²) in [4.78, 5) is 0. The van der Waals surface area contributed by atoms with Crippen molar-refractivity contribution in [1.29, 1.82) is 0 Å². The Morgan fingerprint density at radius 1 is 1.44 bits per heavy atom. The number of benzene rings is 1. The molecule has 1 aromatic carbocycles. The highest BCUT2D eigenvalue weighted by Gasteiger charge is 2.10. The van der Waals surface area contributed by atoms with Crippen LogP contribution in [0.5, 0.6) is 0 Å². The largest absolute Gasteiger partial charge is 0.326 e. The molecule has 0 saturated carbocycles. The molecule has 0 aliphatic rings. The van der Waals surface area contributed by atoms with Crippen molar-refractivity contribution in [1.82, 2.24) is 9.78 Å². The Morgan fingerprint density at radius 2 is 2.25 bits per heavy atom. The first-order chi connectivity index (χ1) is 7.76. The van der Waals surface area contributed by atoms with E-state index in [0.717, 1.165) is 27.8 Å². The zero-order valence-corrected chi connectivity index (χ0v) is 10.7. The van der Waals surface area contributed by atoms with Gasteiger partial charge in [-0.25, -0.2) is 0 Å². The Hall–Kier alpha value is -1.13. The van der Waals surface area contributed by atoms with Crippen LogP contribution in [0.2, 0.25) is 0 Å². The van der Waals surface area contributed by atoms with Crippen LogP contribution in [0, 0.1) is 0 Å². The van der Waals surface area contributed by atoms with Crippen molar-refractivity contribution in [2.45, 2.75) is 20.0 Å². The van der Waals surface area contributed by atoms with Gasteiger partial charge in [0.05, 0.1) is 11.9 Å². The van der Waals surface area contributed by atoms with E-state index in [1.165, 1.54) is 0 Å². The van der Waals surface area contributed by atoms with Gasteiger partial charge < -0.3 is 5.73 Å². The maximum absolute atomic E-state index is 5.73. The molecule has 0 amide bonds. The number of nitrogens with two attached hydrogens (primary N) is 1. The molecule has 0 aliphatic heterocycles. The van der Waals surface area contributed by atoms with Crippen molar-refractivity contribution in [2.24, 2.45) is 5.73 Å². The molecule has 0 saturated heterocycles. The fourth-order valence-corrected chi connectivity index (χ4v) is 2.18. The van der Waals surface area contributed by atoms with Gasteiger partial charge in [-0.05, 0) is 19.1 Å². The lowest BCUT2D eigenvalue weighted by Gasteiger charge is -2.07. The van der Waals surface area contributed by atoms with Crippen molar-refractivity contribution in [3.63, 3.8) is 0 Å². The van der Waals surface area contributed by atoms with Gasteiger partial charge in [-0.15, -0.1) is 0 Å². The summed E-state index contributed by atoms with van der Waals surface area (Å²) >= 11 is 3.48.